The Morgan fingerprint density at radius 1 is 1.32 bits per heavy atom. The molecule has 0 saturated heterocycles. The van der Waals surface area contributed by atoms with Crippen molar-refractivity contribution in [3.8, 4) is 0 Å². The highest BCUT2D eigenvalue weighted by atomic mass is 35.5. The quantitative estimate of drug-likeness (QED) is 0.879. The molecule has 19 heavy (non-hydrogen) atoms. The van der Waals surface area contributed by atoms with E-state index < -0.39 is 0 Å². The molecule has 0 radical (unpaired) electrons. The van der Waals surface area contributed by atoms with Gasteiger partial charge in [0.2, 0.25) is 0 Å². The van der Waals surface area contributed by atoms with Crippen molar-refractivity contribution < 1.29 is 0 Å². The van der Waals surface area contributed by atoms with Gasteiger partial charge < -0.3 is 5.32 Å². The summed E-state index contributed by atoms with van der Waals surface area (Å²) in [5.74, 6) is 0.408. The summed E-state index contributed by atoms with van der Waals surface area (Å²) in [6, 6.07) is 10.5. The monoisotopic (exact) mass is 277 g/mol. The second kappa shape index (κ2) is 6.73. The Balaban J connectivity index is 2.24. The molecule has 1 aromatic heterocycles. The van der Waals surface area contributed by atoms with E-state index >= 15 is 0 Å². The molecule has 0 aliphatic heterocycles. The molecule has 3 nitrogen and oxygen atoms in total. The lowest BCUT2D eigenvalue weighted by Gasteiger charge is -2.18. The molecule has 1 heterocycles. The van der Waals surface area contributed by atoms with Gasteiger partial charge in [-0.1, -0.05) is 41.9 Å². The minimum Gasteiger partial charge on any atom is -0.319 e. The van der Waals surface area contributed by atoms with Crippen LogP contribution in [0.4, 0.5) is 0 Å². The Morgan fingerprint density at radius 3 is 2.68 bits per heavy atom. The van der Waals surface area contributed by atoms with Gasteiger partial charge in [-0.25, -0.2) is 0 Å². The third kappa shape index (κ3) is 3.37. The first-order chi connectivity index (χ1) is 9.26. The van der Waals surface area contributed by atoms with Crippen molar-refractivity contribution in [2.75, 3.05) is 13.6 Å². The number of rotatable bonds is 6. The number of aryl methyl sites for hydroxylation is 1. The molecule has 0 aliphatic rings. The summed E-state index contributed by atoms with van der Waals surface area (Å²) in [6.07, 6.45) is 2.64. The van der Waals surface area contributed by atoms with E-state index in [4.69, 9.17) is 11.6 Å². The van der Waals surface area contributed by atoms with E-state index in [-0.39, 0.29) is 0 Å². The number of nitrogens with zero attached hydrogens (tertiary/aromatic N) is 2. The van der Waals surface area contributed by atoms with E-state index in [2.05, 4.69) is 41.6 Å². The van der Waals surface area contributed by atoms with Crippen LogP contribution in [0.2, 0.25) is 5.02 Å². The smallest absolute Gasteiger partial charge is 0.0818 e. The highest BCUT2D eigenvalue weighted by molar-refractivity contribution is 6.31. The molecule has 0 amide bonds. The molecule has 102 valence electrons. The second-order valence-electron chi connectivity index (χ2n) is 4.62. The van der Waals surface area contributed by atoms with Crippen molar-refractivity contribution >= 4 is 11.6 Å². The second-order valence-corrected chi connectivity index (χ2v) is 5.03. The van der Waals surface area contributed by atoms with Crippen LogP contribution in [0, 0.1) is 0 Å². The lowest BCUT2D eigenvalue weighted by Crippen LogP contribution is -2.20. The van der Waals surface area contributed by atoms with Crippen molar-refractivity contribution in [1.29, 1.82) is 0 Å². The lowest BCUT2D eigenvalue weighted by atomic mass is 9.94. The number of likely N-dealkylation sites (N-methyl/N-ethyl adjacent to an activating group) is 1. The predicted octanol–water partition coefficient (Wildman–Crippen LogP) is 3.10. The van der Waals surface area contributed by atoms with Gasteiger partial charge in [0.1, 0.15) is 0 Å². The van der Waals surface area contributed by atoms with E-state index in [9.17, 15) is 0 Å². The van der Waals surface area contributed by atoms with Crippen LogP contribution in [-0.2, 0) is 13.0 Å². The van der Waals surface area contributed by atoms with Gasteiger partial charge in [0, 0.05) is 19.0 Å². The maximum atomic E-state index is 6.25. The normalized spacial score (nSPS) is 12.6. The number of hydrogen-bond donors (Lipinski definition) is 1. The molecule has 1 aromatic carbocycles. The fraction of sp³-hybridized carbons (Fsp3) is 0.400. The van der Waals surface area contributed by atoms with Crippen molar-refractivity contribution in [3.63, 3.8) is 0 Å². The minimum atomic E-state index is 0.408. The minimum absolute atomic E-state index is 0.408. The van der Waals surface area contributed by atoms with Crippen molar-refractivity contribution in [3.05, 3.63) is 52.8 Å². The third-order valence-corrected chi connectivity index (χ3v) is 3.67. The Labute approximate surface area is 119 Å². The maximum Gasteiger partial charge on any atom is 0.0818 e. The van der Waals surface area contributed by atoms with E-state index in [0.29, 0.717) is 5.92 Å². The van der Waals surface area contributed by atoms with Gasteiger partial charge in [0.25, 0.3) is 0 Å². The zero-order valence-electron chi connectivity index (χ0n) is 11.4. The predicted molar refractivity (Wildman–Crippen MR) is 79.7 cm³/mol. The van der Waals surface area contributed by atoms with E-state index in [0.717, 1.165) is 30.2 Å². The number of benzene rings is 1. The average Bonchev–Trinajstić information content (AvgIpc) is 2.80. The number of aromatic nitrogens is 2. The highest BCUT2D eigenvalue weighted by Gasteiger charge is 2.16. The summed E-state index contributed by atoms with van der Waals surface area (Å²) in [5, 5.41) is 8.33. The summed E-state index contributed by atoms with van der Waals surface area (Å²) < 4.78 is 1.98. The molecular weight excluding hydrogens is 258 g/mol. The Hall–Kier alpha value is -1.32. The topological polar surface area (TPSA) is 29.9 Å². The largest absolute Gasteiger partial charge is 0.319 e. The summed E-state index contributed by atoms with van der Waals surface area (Å²) in [5.41, 5.74) is 2.45. The lowest BCUT2D eigenvalue weighted by molar-refractivity contribution is 0.565. The maximum absolute atomic E-state index is 6.25. The average molecular weight is 278 g/mol. The van der Waals surface area contributed by atoms with E-state index in [1.807, 2.05) is 17.8 Å². The first-order valence-corrected chi connectivity index (χ1v) is 7.03. The van der Waals surface area contributed by atoms with Crippen molar-refractivity contribution in [2.45, 2.75) is 25.8 Å². The summed E-state index contributed by atoms with van der Waals surface area (Å²) in [4.78, 5) is 0. The molecule has 2 rings (SSSR count). The Kier molecular flexibility index (Phi) is 5.00. The third-order valence-electron chi connectivity index (χ3n) is 3.36. The number of nitrogens with one attached hydrogen (secondary N) is 1. The molecule has 0 bridgehead atoms. The molecule has 0 fully saturated rings. The fourth-order valence-corrected chi connectivity index (χ4v) is 2.59. The van der Waals surface area contributed by atoms with Crippen LogP contribution in [-0.4, -0.2) is 23.4 Å². The first kappa shape index (κ1) is 14.1. The van der Waals surface area contributed by atoms with Crippen molar-refractivity contribution in [1.82, 2.24) is 15.1 Å². The zero-order valence-corrected chi connectivity index (χ0v) is 12.2. The fourth-order valence-electron chi connectivity index (χ4n) is 2.38. The molecule has 1 unspecified atom stereocenters. The van der Waals surface area contributed by atoms with Gasteiger partial charge in [0.15, 0.2) is 0 Å². The van der Waals surface area contributed by atoms with Gasteiger partial charge in [-0.15, -0.1) is 0 Å². The molecule has 2 aromatic rings. The summed E-state index contributed by atoms with van der Waals surface area (Å²) >= 11 is 6.25. The number of hydrogen-bond acceptors (Lipinski definition) is 2. The Morgan fingerprint density at radius 2 is 2.05 bits per heavy atom. The van der Waals surface area contributed by atoms with Gasteiger partial charge in [-0.05, 0) is 26.0 Å². The van der Waals surface area contributed by atoms with Crippen LogP contribution in [0.3, 0.4) is 0 Å². The SMILES string of the molecule is CCn1ncc(Cl)c1CC(CNC)c1ccccc1. The molecule has 0 saturated carbocycles. The standard InChI is InChI=1S/C15H20ClN3/c1-3-19-15(14(16)11-18-19)9-13(10-17-2)12-7-5-4-6-8-12/h4-8,11,13,17H,3,9-10H2,1-2H3. The van der Waals surface area contributed by atoms with Gasteiger partial charge in [-0.2, -0.15) is 5.10 Å². The van der Waals surface area contributed by atoms with Crippen LogP contribution in [0.1, 0.15) is 24.1 Å². The molecule has 0 aliphatic carbocycles. The van der Waals surface area contributed by atoms with Crippen LogP contribution in [0.5, 0.6) is 0 Å². The summed E-state index contributed by atoms with van der Waals surface area (Å²) in [7, 11) is 1.98. The first-order valence-electron chi connectivity index (χ1n) is 6.66. The van der Waals surface area contributed by atoms with Crippen LogP contribution >= 0.6 is 11.6 Å². The van der Waals surface area contributed by atoms with E-state index in [1.54, 1.807) is 6.20 Å². The number of halogens is 1. The van der Waals surface area contributed by atoms with Gasteiger partial charge >= 0.3 is 0 Å². The van der Waals surface area contributed by atoms with Crippen LogP contribution in [0.15, 0.2) is 36.5 Å². The van der Waals surface area contributed by atoms with Crippen LogP contribution in [0.25, 0.3) is 0 Å². The molecular formula is C15H20ClN3. The summed E-state index contributed by atoms with van der Waals surface area (Å²) in [6.45, 7) is 3.86. The van der Waals surface area contributed by atoms with Crippen LogP contribution < -0.4 is 5.32 Å². The molecule has 1 atom stereocenters. The van der Waals surface area contributed by atoms with Gasteiger partial charge in [0.05, 0.1) is 16.9 Å². The molecule has 0 spiro atoms. The van der Waals surface area contributed by atoms with Gasteiger partial charge in [-0.3, -0.25) is 4.68 Å². The van der Waals surface area contributed by atoms with Crippen molar-refractivity contribution in [2.24, 2.45) is 0 Å². The zero-order chi connectivity index (χ0) is 13.7. The van der Waals surface area contributed by atoms with E-state index in [1.165, 1.54) is 5.56 Å². The molecule has 1 N–H and O–H groups in total. The highest BCUT2D eigenvalue weighted by Crippen LogP contribution is 2.24. The molecule has 4 heteroatoms. The Bertz CT molecular complexity index is 507.